The first kappa shape index (κ1) is 25.6. The zero-order valence-corrected chi connectivity index (χ0v) is 19.8. The summed E-state index contributed by atoms with van der Waals surface area (Å²) in [7, 11) is 2.35. The number of hydrogen-bond donors (Lipinski definition) is 2. The summed E-state index contributed by atoms with van der Waals surface area (Å²) < 4.78 is 19.4. The average Bonchev–Trinajstić information content (AvgIpc) is 3.26. The van der Waals surface area contributed by atoms with Gasteiger partial charge in [0.2, 0.25) is 0 Å². The zero-order valence-electron chi connectivity index (χ0n) is 19.0. The lowest BCUT2D eigenvalue weighted by Gasteiger charge is -2.08. The molecule has 1 amide bonds. The molecule has 2 heterocycles. The van der Waals surface area contributed by atoms with Crippen molar-refractivity contribution in [3.8, 4) is 0 Å². The van der Waals surface area contributed by atoms with Gasteiger partial charge in [-0.05, 0) is 38.8 Å². The minimum atomic E-state index is -0.822. The molecule has 0 aromatic carbocycles. The number of anilines is 1. The van der Waals surface area contributed by atoms with Gasteiger partial charge in [0.05, 0.1) is 32.0 Å². The van der Waals surface area contributed by atoms with E-state index >= 15 is 0 Å². The fraction of sp³-hybridized carbons (Fsp3) is 0.381. The van der Waals surface area contributed by atoms with Gasteiger partial charge in [-0.1, -0.05) is 0 Å². The molecule has 0 atom stereocenters. The van der Waals surface area contributed by atoms with E-state index in [1.807, 2.05) is 0 Å². The van der Waals surface area contributed by atoms with E-state index in [0.29, 0.717) is 11.3 Å². The topological polar surface area (TPSA) is 150 Å². The van der Waals surface area contributed by atoms with Gasteiger partial charge in [0.1, 0.15) is 15.6 Å². The molecular formula is C21H24N2O9S. The number of esters is 4. The second-order valence-electron chi connectivity index (χ2n) is 6.71. The Morgan fingerprint density at radius 1 is 0.848 bits per heavy atom. The van der Waals surface area contributed by atoms with E-state index in [1.54, 1.807) is 20.8 Å². The molecule has 2 N–H and O–H groups in total. The highest BCUT2D eigenvalue weighted by molar-refractivity contribution is 7.18. The number of ether oxygens (including phenoxy) is 4. The predicted molar refractivity (Wildman–Crippen MR) is 117 cm³/mol. The maximum atomic E-state index is 12.5. The van der Waals surface area contributed by atoms with Crippen molar-refractivity contribution in [1.29, 1.82) is 0 Å². The van der Waals surface area contributed by atoms with Crippen LogP contribution in [0, 0.1) is 20.8 Å². The predicted octanol–water partition coefficient (Wildman–Crippen LogP) is 2.55. The van der Waals surface area contributed by atoms with Crippen LogP contribution in [0.2, 0.25) is 0 Å². The molecule has 2 aromatic heterocycles. The number of carbonyl (C=O) groups is 5. The lowest BCUT2D eigenvalue weighted by atomic mass is 10.1. The van der Waals surface area contributed by atoms with Gasteiger partial charge in [0.25, 0.3) is 5.91 Å². The highest BCUT2D eigenvalue weighted by Crippen LogP contribution is 2.34. The van der Waals surface area contributed by atoms with E-state index in [9.17, 15) is 24.0 Å². The fourth-order valence-corrected chi connectivity index (χ4v) is 4.20. The van der Waals surface area contributed by atoms with Crippen LogP contribution in [0.25, 0.3) is 0 Å². The molecule has 0 fully saturated rings. The summed E-state index contributed by atoms with van der Waals surface area (Å²) in [6.45, 7) is 5.80. The van der Waals surface area contributed by atoms with Crippen molar-refractivity contribution >= 4 is 46.1 Å². The number of carbonyl (C=O) groups excluding carboxylic acids is 5. The van der Waals surface area contributed by atoms with E-state index in [4.69, 9.17) is 14.2 Å². The number of amides is 1. The van der Waals surface area contributed by atoms with E-state index in [2.05, 4.69) is 15.0 Å². The largest absolute Gasteiger partial charge is 0.465 e. The SMILES string of the molecule is CCOC(=O)c1[nH]c(C)c(C(=O)OCC(=O)Nc2sc(C(=O)OC)c(C)c2C(=O)OC)c1C. The average molecular weight is 480 g/mol. The first-order valence-electron chi connectivity index (χ1n) is 9.70. The standard InChI is InChI=1S/C21H24N2O9S/c1-7-31-20(27)15-9(2)13(11(4)22-15)19(26)32-8-12(24)23-17-14(18(25)29-5)10(3)16(33-17)21(28)30-6/h22H,7-8H2,1-6H3,(H,23,24). The molecular weight excluding hydrogens is 456 g/mol. The Hall–Kier alpha value is -3.67. The van der Waals surface area contributed by atoms with Gasteiger partial charge in [-0.25, -0.2) is 19.2 Å². The van der Waals surface area contributed by atoms with Crippen molar-refractivity contribution in [2.24, 2.45) is 0 Å². The molecule has 33 heavy (non-hydrogen) atoms. The zero-order chi connectivity index (χ0) is 24.9. The van der Waals surface area contributed by atoms with Gasteiger partial charge >= 0.3 is 23.9 Å². The van der Waals surface area contributed by atoms with Crippen LogP contribution < -0.4 is 5.32 Å². The Labute approximate surface area is 193 Å². The van der Waals surface area contributed by atoms with E-state index < -0.39 is 36.4 Å². The molecule has 11 nitrogen and oxygen atoms in total. The monoisotopic (exact) mass is 480 g/mol. The summed E-state index contributed by atoms with van der Waals surface area (Å²) in [5.41, 5.74) is 1.24. The molecule has 0 radical (unpaired) electrons. The minimum absolute atomic E-state index is 0.000946. The maximum Gasteiger partial charge on any atom is 0.355 e. The second-order valence-corrected chi connectivity index (χ2v) is 7.73. The number of thiophene rings is 1. The molecule has 0 saturated heterocycles. The Kier molecular flexibility index (Phi) is 8.35. The lowest BCUT2D eigenvalue weighted by molar-refractivity contribution is -0.119. The van der Waals surface area contributed by atoms with E-state index in [0.717, 1.165) is 18.4 Å². The fourth-order valence-electron chi connectivity index (χ4n) is 3.07. The lowest BCUT2D eigenvalue weighted by Crippen LogP contribution is -2.22. The third-order valence-corrected chi connectivity index (χ3v) is 5.80. The first-order chi connectivity index (χ1) is 15.6. The maximum absolute atomic E-state index is 12.5. The molecule has 178 valence electrons. The molecule has 12 heteroatoms. The molecule has 0 aliphatic rings. The third-order valence-electron chi connectivity index (χ3n) is 4.62. The van der Waals surface area contributed by atoms with Crippen LogP contribution in [0.5, 0.6) is 0 Å². The number of H-pyrrole nitrogens is 1. The van der Waals surface area contributed by atoms with Crippen LogP contribution in [-0.4, -0.2) is 62.2 Å². The molecule has 0 bridgehead atoms. The number of aryl methyl sites for hydroxylation is 1. The van der Waals surface area contributed by atoms with Gasteiger partial charge < -0.3 is 29.2 Å². The van der Waals surface area contributed by atoms with Crippen LogP contribution in [0.15, 0.2) is 0 Å². The van der Waals surface area contributed by atoms with Crippen molar-refractivity contribution < 1.29 is 42.9 Å². The van der Waals surface area contributed by atoms with Gasteiger partial charge in [0, 0.05) is 5.69 Å². The van der Waals surface area contributed by atoms with Crippen molar-refractivity contribution in [3.05, 3.63) is 38.5 Å². The van der Waals surface area contributed by atoms with Crippen molar-refractivity contribution in [2.45, 2.75) is 27.7 Å². The molecule has 0 aliphatic carbocycles. The Morgan fingerprint density at radius 3 is 2.06 bits per heavy atom. The summed E-state index contributed by atoms with van der Waals surface area (Å²) in [6, 6.07) is 0. The van der Waals surface area contributed by atoms with Gasteiger partial charge in [0.15, 0.2) is 6.61 Å². The Morgan fingerprint density at radius 2 is 1.48 bits per heavy atom. The van der Waals surface area contributed by atoms with Crippen LogP contribution >= 0.6 is 11.3 Å². The Bertz CT molecular complexity index is 1110. The van der Waals surface area contributed by atoms with E-state index in [-0.39, 0.29) is 38.9 Å². The van der Waals surface area contributed by atoms with Crippen LogP contribution in [-0.2, 0) is 23.7 Å². The summed E-state index contributed by atoms with van der Waals surface area (Å²) in [4.78, 5) is 63.9. The summed E-state index contributed by atoms with van der Waals surface area (Å²) in [5, 5.41) is 2.51. The Balaban J connectivity index is 2.17. The van der Waals surface area contributed by atoms with Gasteiger partial charge in [-0.15, -0.1) is 11.3 Å². The third kappa shape index (κ3) is 5.40. The number of aromatic amines is 1. The smallest absolute Gasteiger partial charge is 0.355 e. The van der Waals surface area contributed by atoms with Crippen LogP contribution in [0.1, 0.15) is 64.6 Å². The van der Waals surface area contributed by atoms with Crippen molar-refractivity contribution in [1.82, 2.24) is 4.98 Å². The highest BCUT2D eigenvalue weighted by Gasteiger charge is 2.28. The molecule has 0 saturated carbocycles. The number of aromatic nitrogens is 1. The molecule has 0 unspecified atom stereocenters. The van der Waals surface area contributed by atoms with E-state index in [1.165, 1.54) is 14.0 Å². The number of hydrogen-bond acceptors (Lipinski definition) is 10. The normalized spacial score (nSPS) is 10.4. The highest BCUT2D eigenvalue weighted by atomic mass is 32.1. The van der Waals surface area contributed by atoms with Crippen molar-refractivity contribution in [3.63, 3.8) is 0 Å². The minimum Gasteiger partial charge on any atom is -0.465 e. The first-order valence-corrected chi connectivity index (χ1v) is 10.5. The van der Waals surface area contributed by atoms with Gasteiger partial charge in [-0.3, -0.25) is 4.79 Å². The number of methoxy groups -OCH3 is 2. The summed E-state index contributed by atoms with van der Waals surface area (Å²) >= 11 is 0.833. The molecule has 2 aromatic rings. The number of nitrogens with one attached hydrogen (secondary N) is 2. The van der Waals surface area contributed by atoms with Crippen molar-refractivity contribution in [2.75, 3.05) is 32.8 Å². The summed E-state index contributed by atoms with van der Waals surface area (Å²) in [5.74, 6) is -3.61. The number of rotatable bonds is 8. The summed E-state index contributed by atoms with van der Waals surface area (Å²) in [6.07, 6.45) is 0. The molecule has 0 aliphatic heterocycles. The van der Waals surface area contributed by atoms with Crippen LogP contribution in [0.4, 0.5) is 5.00 Å². The van der Waals surface area contributed by atoms with Gasteiger partial charge in [-0.2, -0.15) is 0 Å². The van der Waals surface area contributed by atoms with Crippen LogP contribution in [0.3, 0.4) is 0 Å². The molecule has 2 rings (SSSR count). The molecule has 0 spiro atoms. The second kappa shape index (κ2) is 10.8. The quantitative estimate of drug-likeness (QED) is 0.429.